The molecule has 4 heteroatoms. The van der Waals surface area contributed by atoms with Crippen LogP contribution in [0.1, 0.15) is 18.4 Å². The van der Waals surface area contributed by atoms with Crippen molar-refractivity contribution < 1.29 is 14.7 Å². The molecule has 0 amide bonds. The fraction of sp³-hybridized carbons (Fsp3) is 0.333. The van der Waals surface area contributed by atoms with Gasteiger partial charge in [-0.3, -0.25) is 0 Å². The zero-order valence-corrected chi connectivity index (χ0v) is 7.18. The van der Waals surface area contributed by atoms with Crippen LogP contribution in [0, 0.1) is 0 Å². The molecule has 0 bridgehead atoms. The summed E-state index contributed by atoms with van der Waals surface area (Å²) in [6.45, 7) is 0. The summed E-state index contributed by atoms with van der Waals surface area (Å²) in [6, 6.07) is 9.64. The van der Waals surface area contributed by atoms with Crippen LogP contribution < -0.4 is 0 Å². The molecule has 1 aromatic carbocycles. The maximum Gasteiger partial charge on any atom is 0.634 e. The molecule has 0 unspecified atom stereocenters. The summed E-state index contributed by atoms with van der Waals surface area (Å²) in [5.74, 6) is 0. The van der Waals surface area contributed by atoms with Gasteiger partial charge in [-0.25, -0.2) is 0 Å². The topological polar surface area (TPSA) is 49.7 Å². The van der Waals surface area contributed by atoms with E-state index in [0.29, 0.717) is 0 Å². The largest absolute Gasteiger partial charge is 0.634 e. The summed E-state index contributed by atoms with van der Waals surface area (Å²) in [5.41, 5.74) is 0.582. The highest BCUT2D eigenvalue weighted by molar-refractivity contribution is 6.32. The van der Waals surface area contributed by atoms with E-state index in [-0.39, 0.29) is 0 Å². The van der Waals surface area contributed by atoms with Gasteiger partial charge in [-0.2, -0.15) is 0 Å². The van der Waals surface area contributed by atoms with Gasteiger partial charge in [0.1, 0.15) is 0 Å². The second-order valence-corrected chi connectivity index (χ2v) is 3.30. The highest BCUT2D eigenvalue weighted by Crippen LogP contribution is 2.49. The van der Waals surface area contributed by atoms with Crippen molar-refractivity contribution in [1.82, 2.24) is 0 Å². The summed E-state index contributed by atoms with van der Waals surface area (Å²) in [5, 5.41) is 17.4. The normalized spacial score (nSPS) is 18.3. The van der Waals surface area contributed by atoms with E-state index < -0.39 is 12.9 Å². The first kappa shape index (κ1) is 8.75. The van der Waals surface area contributed by atoms with E-state index in [0.717, 1.165) is 18.4 Å². The second kappa shape index (κ2) is 3.14. The lowest BCUT2D eigenvalue weighted by molar-refractivity contribution is 0.0990. The number of hydrogen-bond acceptors (Lipinski definition) is 3. The molecule has 0 heterocycles. The molecule has 0 spiro atoms. The Hall–Kier alpha value is -0.835. The average Bonchev–Trinajstić information content (AvgIpc) is 2.86. The quantitative estimate of drug-likeness (QED) is 0.668. The van der Waals surface area contributed by atoms with E-state index in [9.17, 15) is 0 Å². The Morgan fingerprint density at radius 2 is 1.77 bits per heavy atom. The minimum absolute atomic E-state index is 0.435. The Morgan fingerprint density at radius 1 is 1.15 bits per heavy atom. The Labute approximate surface area is 77.1 Å². The highest BCUT2D eigenvalue weighted by atomic mass is 16.6. The van der Waals surface area contributed by atoms with Crippen molar-refractivity contribution in [2.45, 2.75) is 18.4 Å². The molecule has 1 aromatic rings. The Morgan fingerprint density at radius 3 is 2.23 bits per heavy atom. The average molecular weight is 178 g/mol. The lowest BCUT2D eigenvalue weighted by Gasteiger charge is -2.16. The molecule has 0 aromatic heterocycles. The molecular formula is C9H11BO3. The molecule has 68 valence electrons. The van der Waals surface area contributed by atoms with Crippen molar-refractivity contribution in [2.75, 3.05) is 0 Å². The zero-order valence-electron chi connectivity index (χ0n) is 7.18. The monoisotopic (exact) mass is 178 g/mol. The molecule has 2 rings (SSSR count). The van der Waals surface area contributed by atoms with Crippen LogP contribution in [0.15, 0.2) is 30.3 Å². The van der Waals surface area contributed by atoms with E-state index in [1.165, 1.54) is 0 Å². The van der Waals surface area contributed by atoms with Crippen molar-refractivity contribution in [3.8, 4) is 0 Å². The smallest absolute Gasteiger partial charge is 0.402 e. The maximum atomic E-state index is 8.72. The van der Waals surface area contributed by atoms with Gasteiger partial charge in [0.15, 0.2) is 0 Å². The lowest BCUT2D eigenvalue weighted by Crippen LogP contribution is -2.25. The van der Waals surface area contributed by atoms with Gasteiger partial charge in [-0.1, -0.05) is 30.3 Å². The van der Waals surface area contributed by atoms with Crippen LogP contribution >= 0.6 is 0 Å². The van der Waals surface area contributed by atoms with Gasteiger partial charge in [0, 0.05) is 0 Å². The van der Waals surface area contributed by atoms with E-state index >= 15 is 0 Å². The van der Waals surface area contributed by atoms with E-state index in [1.54, 1.807) is 0 Å². The lowest BCUT2D eigenvalue weighted by atomic mass is 10.1. The Balaban J connectivity index is 2.16. The first-order valence-electron chi connectivity index (χ1n) is 4.32. The van der Waals surface area contributed by atoms with Gasteiger partial charge in [0.05, 0.1) is 5.60 Å². The molecule has 0 aliphatic heterocycles. The summed E-state index contributed by atoms with van der Waals surface area (Å²) < 4.78 is 5.05. The van der Waals surface area contributed by atoms with Gasteiger partial charge in [-0.05, 0) is 18.4 Å². The molecular weight excluding hydrogens is 167 g/mol. The van der Waals surface area contributed by atoms with Crippen LogP contribution in [0.25, 0.3) is 0 Å². The van der Waals surface area contributed by atoms with Gasteiger partial charge < -0.3 is 14.7 Å². The van der Waals surface area contributed by atoms with Crippen molar-refractivity contribution in [1.29, 1.82) is 0 Å². The van der Waals surface area contributed by atoms with Crippen molar-refractivity contribution in [2.24, 2.45) is 0 Å². The fourth-order valence-corrected chi connectivity index (χ4v) is 1.53. The van der Waals surface area contributed by atoms with Crippen LogP contribution in [-0.2, 0) is 10.3 Å². The number of benzene rings is 1. The van der Waals surface area contributed by atoms with E-state index in [4.69, 9.17) is 14.7 Å². The van der Waals surface area contributed by atoms with Crippen LogP contribution in [0.3, 0.4) is 0 Å². The summed E-state index contributed by atoms with van der Waals surface area (Å²) in [4.78, 5) is 0. The molecule has 1 aliphatic carbocycles. The van der Waals surface area contributed by atoms with Crippen molar-refractivity contribution in [3.63, 3.8) is 0 Å². The fourth-order valence-electron chi connectivity index (χ4n) is 1.53. The van der Waals surface area contributed by atoms with Gasteiger partial charge in [0.25, 0.3) is 0 Å². The van der Waals surface area contributed by atoms with Crippen molar-refractivity contribution in [3.05, 3.63) is 35.9 Å². The molecule has 13 heavy (non-hydrogen) atoms. The standard InChI is InChI=1S/C9H11BO3/c11-10(12)13-9(6-7-9)8-4-2-1-3-5-8/h1-5,11-12H,6-7H2. The molecule has 1 fully saturated rings. The molecule has 0 radical (unpaired) electrons. The summed E-state index contributed by atoms with van der Waals surface area (Å²) in [6.07, 6.45) is 1.71. The molecule has 0 saturated heterocycles. The SMILES string of the molecule is OB(O)OC1(c2ccccc2)CC1. The predicted molar refractivity (Wildman–Crippen MR) is 48.6 cm³/mol. The minimum Gasteiger partial charge on any atom is -0.402 e. The second-order valence-electron chi connectivity index (χ2n) is 3.30. The van der Waals surface area contributed by atoms with Gasteiger partial charge in [0.2, 0.25) is 0 Å². The molecule has 0 atom stereocenters. The minimum atomic E-state index is -1.68. The van der Waals surface area contributed by atoms with Gasteiger partial charge in [-0.15, -0.1) is 0 Å². The van der Waals surface area contributed by atoms with Crippen LogP contribution in [0.2, 0.25) is 0 Å². The first-order valence-corrected chi connectivity index (χ1v) is 4.32. The zero-order chi connectivity index (χ0) is 9.31. The summed E-state index contributed by atoms with van der Waals surface area (Å²) >= 11 is 0. The van der Waals surface area contributed by atoms with Crippen LogP contribution in [0.5, 0.6) is 0 Å². The molecule has 3 nitrogen and oxygen atoms in total. The van der Waals surface area contributed by atoms with Crippen molar-refractivity contribution >= 4 is 7.32 Å². The van der Waals surface area contributed by atoms with Gasteiger partial charge >= 0.3 is 7.32 Å². The predicted octanol–water partition coefficient (Wildman–Crippen LogP) is 0.662. The third kappa shape index (κ3) is 1.75. The number of hydrogen-bond donors (Lipinski definition) is 2. The van der Waals surface area contributed by atoms with Crippen LogP contribution in [0.4, 0.5) is 0 Å². The maximum absolute atomic E-state index is 8.72. The number of rotatable bonds is 3. The molecule has 2 N–H and O–H groups in total. The Bertz CT molecular complexity index is 282. The third-order valence-electron chi connectivity index (χ3n) is 2.34. The van der Waals surface area contributed by atoms with E-state index in [1.807, 2.05) is 30.3 Å². The van der Waals surface area contributed by atoms with Crippen LogP contribution in [-0.4, -0.2) is 17.4 Å². The van der Waals surface area contributed by atoms with E-state index in [2.05, 4.69) is 0 Å². The molecule has 1 saturated carbocycles. The summed E-state index contributed by atoms with van der Waals surface area (Å²) in [7, 11) is -1.68. The molecule has 1 aliphatic rings. The third-order valence-corrected chi connectivity index (χ3v) is 2.34. The Kier molecular flexibility index (Phi) is 2.11. The first-order chi connectivity index (χ1) is 6.23. The highest BCUT2D eigenvalue weighted by Gasteiger charge is 2.47.